The van der Waals surface area contributed by atoms with Crippen molar-refractivity contribution in [3.63, 3.8) is 0 Å². The van der Waals surface area contributed by atoms with Crippen molar-refractivity contribution in [1.29, 1.82) is 5.41 Å². The number of aliphatic carboxylic acids is 1. The van der Waals surface area contributed by atoms with Gasteiger partial charge in [0.05, 0.1) is 19.5 Å². The number of H-pyrrole nitrogens is 2. The number of thiol groups is 1. The minimum absolute atomic E-state index is 0.0159. The Morgan fingerprint density at radius 2 is 1.33 bits per heavy atom. The Kier molecular flexibility index (Phi) is 29.6. The molecule has 2 aromatic heterocycles. The molecular formula is C61H83N17O15S. The summed E-state index contributed by atoms with van der Waals surface area (Å²) in [5.74, 6) is -9.46. The third-order valence-corrected chi connectivity index (χ3v) is 15.4. The van der Waals surface area contributed by atoms with E-state index in [0.717, 1.165) is 0 Å². The Balaban J connectivity index is 1.30. The Labute approximate surface area is 546 Å². The van der Waals surface area contributed by atoms with E-state index < -0.39 is 139 Å². The molecule has 1 saturated heterocycles. The van der Waals surface area contributed by atoms with Gasteiger partial charge in [-0.2, -0.15) is 12.6 Å². The fourth-order valence-electron chi connectivity index (χ4n) is 10.2. The van der Waals surface area contributed by atoms with Crippen molar-refractivity contribution in [3.8, 4) is 18.1 Å². The predicted molar refractivity (Wildman–Crippen MR) is 343 cm³/mol. The first-order chi connectivity index (χ1) is 44.8. The normalized spacial score (nSPS) is 15.2. The maximum atomic E-state index is 14.5. The van der Waals surface area contributed by atoms with Gasteiger partial charge in [-0.05, 0) is 73.8 Å². The number of aromatic amines is 2. The lowest BCUT2D eigenvalue weighted by atomic mass is 10.0. The fourth-order valence-corrected chi connectivity index (χ4v) is 10.4. The number of fused-ring (bicyclic) bond motifs is 1. The highest BCUT2D eigenvalue weighted by Crippen LogP contribution is 2.22. The molecule has 5 rings (SSSR count). The molecule has 1 fully saturated rings. The Morgan fingerprint density at radius 3 is 1.95 bits per heavy atom. The zero-order valence-corrected chi connectivity index (χ0v) is 52.9. The van der Waals surface area contributed by atoms with Crippen molar-refractivity contribution in [2.75, 3.05) is 32.0 Å². The van der Waals surface area contributed by atoms with E-state index in [1.807, 2.05) is 0 Å². The van der Waals surface area contributed by atoms with Gasteiger partial charge < -0.3 is 94.8 Å². The van der Waals surface area contributed by atoms with Gasteiger partial charge in [0, 0.05) is 86.4 Å². The summed E-state index contributed by atoms with van der Waals surface area (Å²) in [6.45, 7) is 2.14. The average molecular weight is 1330 g/mol. The van der Waals surface area contributed by atoms with Crippen LogP contribution in [0, 0.1) is 23.7 Å². The Morgan fingerprint density at radius 1 is 0.723 bits per heavy atom. The van der Waals surface area contributed by atoms with Crippen molar-refractivity contribution in [2.24, 2.45) is 17.4 Å². The molecule has 9 atom stereocenters. The summed E-state index contributed by atoms with van der Waals surface area (Å²) in [7, 11) is 0. The molecule has 11 amide bonds. The number of imidazole rings is 1. The molecule has 0 bridgehead atoms. The molecular weight excluding hydrogens is 1240 g/mol. The topological polar surface area (TPSA) is 509 Å². The number of aliphatic hydroxyl groups excluding tert-OH is 1. The molecule has 0 spiro atoms. The number of nitrogens with two attached hydrogens (primary N) is 2. The number of primary amides is 1. The number of aliphatic hydroxyl groups is 1. The van der Waals surface area contributed by atoms with Crippen LogP contribution in [-0.2, 0) is 76.8 Å². The van der Waals surface area contributed by atoms with Crippen molar-refractivity contribution in [2.45, 2.75) is 145 Å². The Bertz CT molecular complexity index is 3360. The largest absolute Gasteiger partial charge is 0.508 e. The SMILES string of the molecule is C#CCCC(=O)N1CCC[C@H]1C(=O)N[C@@H](CCCNC(=N)N)C(=O)N[C@@H](CC(C)C)C(=O)N[C@H](CS)C(=O)NCC(=O)N[C@@H](Cc1ccc(O)cc1)C(=O)N[C@@H](CO)C(=O)N[C@@H](Cc1c[nH]c2ccccc12)C(=O)N[C@@H](Cc1cnc[nH]1)C(=O)N[C@@H](CCC(N)=O)C(=O)O. The number of carbonyl (C=O) groups is 12. The number of guanidine groups is 1. The van der Waals surface area contributed by atoms with Crippen LogP contribution in [0.15, 0.2) is 67.3 Å². The van der Waals surface area contributed by atoms with Crippen LogP contribution in [0.1, 0.15) is 88.5 Å². The first-order valence-corrected chi connectivity index (χ1v) is 31.0. The van der Waals surface area contributed by atoms with Crippen molar-refractivity contribution >= 4 is 100 Å². The van der Waals surface area contributed by atoms with E-state index >= 15 is 0 Å². The second-order valence-corrected chi connectivity index (χ2v) is 23.1. The molecule has 94 heavy (non-hydrogen) atoms. The number of terminal acetylenes is 1. The third kappa shape index (κ3) is 23.8. The molecule has 20 N–H and O–H groups in total. The third-order valence-electron chi connectivity index (χ3n) is 15.0. The van der Waals surface area contributed by atoms with Gasteiger partial charge in [0.2, 0.25) is 65.0 Å². The number of carboxylic acids is 1. The lowest BCUT2D eigenvalue weighted by Gasteiger charge is -2.28. The number of para-hydroxylation sites is 1. The number of carbonyl (C=O) groups excluding carboxylic acids is 11. The number of amides is 11. The molecule has 0 unspecified atom stereocenters. The summed E-state index contributed by atoms with van der Waals surface area (Å²) in [6.07, 6.45) is 9.34. The molecule has 3 heterocycles. The first-order valence-electron chi connectivity index (χ1n) is 30.3. The number of carboxylic acid groups (broad SMARTS) is 1. The number of nitrogens with zero attached hydrogens (tertiary/aromatic N) is 2. The van der Waals surface area contributed by atoms with Gasteiger partial charge in [0.1, 0.15) is 60.1 Å². The average Bonchev–Trinajstić information content (AvgIpc) is 1.63. The summed E-state index contributed by atoms with van der Waals surface area (Å²) in [5.41, 5.74) is 12.5. The van der Waals surface area contributed by atoms with Gasteiger partial charge in [-0.25, -0.2) is 9.78 Å². The predicted octanol–water partition coefficient (Wildman–Crippen LogP) is -3.39. The van der Waals surface area contributed by atoms with E-state index in [-0.39, 0.29) is 93.6 Å². The van der Waals surface area contributed by atoms with Crippen molar-refractivity contribution in [3.05, 3.63) is 84.1 Å². The smallest absolute Gasteiger partial charge is 0.326 e. The fraction of sp³-hybridized carbons (Fsp3) is 0.475. The standard InChI is InChI=1S/C61H83N17O15S/c1-4-5-14-51(83)78-22-9-13-48(78)59(91)71-40(12-8-21-66-61(63)64)53(85)73-42(23-33(2)3)54(86)77-47(31-94)52(84)68-29-50(82)70-43(24-34-15-17-37(80)18-16-34)55(87)76-46(30-79)58(90)74-44(25-35-27-67-39-11-7-6-10-38(35)39)56(88)75-45(26-36-28-65-32-69-36)57(89)72-41(60(92)93)19-20-49(62)81/h1,6-7,10-11,15-18,27-28,32-33,40-48,67,79-80,94H,5,8-9,12-14,19-26,29-31H2,2-3H3,(H2,62,81)(H,65,69)(H,68,84)(H,70,82)(H,71,91)(H,72,89)(H,73,85)(H,74,90)(H,75,88)(H,76,87)(H,77,86)(H,92,93)(H4,63,64,66)/t40-,41-,42-,43-,44-,45-,46-,47+,48-/m0/s1. The van der Waals surface area contributed by atoms with Crippen LogP contribution in [-0.4, -0.2) is 198 Å². The Hall–Kier alpha value is -10.2. The number of phenolic OH excluding ortho intramolecular Hbond substituents is 1. The molecule has 1 aliphatic heterocycles. The summed E-state index contributed by atoms with van der Waals surface area (Å²) in [6, 6.07) is -0.461. The molecule has 32 nitrogen and oxygen atoms in total. The maximum absolute atomic E-state index is 14.5. The van der Waals surface area contributed by atoms with E-state index in [0.29, 0.717) is 47.1 Å². The van der Waals surface area contributed by atoms with Crippen LogP contribution in [0.2, 0.25) is 0 Å². The number of hydrogen-bond acceptors (Lipinski definition) is 17. The molecule has 0 saturated carbocycles. The van der Waals surface area contributed by atoms with Crippen molar-refractivity contribution < 1.29 is 72.9 Å². The van der Waals surface area contributed by atoms with Gasteiger partial charge in [0.15, 0.2) is 5.96 Å². The second-order valence-electron chi connectivity index (χ2n) is 22.8. The van der Waals surface area contributed by atoms with Crippen LogP contribution < -0.4 is 64.6 Å². The lowest BCUT2D eigenvalue weighted by molar-refractivity contribution is -0.142. The van der Waals surface area contributed by atoms with Crippen LogP contribution in [0.4, 0.5) is 0 Å². The van der Waals surface area contributed by atoms with E-state index in [1.54, 1.807) is 44.3 Å². The van der Waals surface area contributed by atoms with Crippen molar-refractivity contribution in [1.82, 2.24) is 73.0 Å². The number of phenols is 1. The van der Waals surface area contributed by atoms with Gasteiger partial charge in [-0.15, -0.1) is 12.3 Å². The van der Waals surface area contributed by atoms with Crippen LogP contribution in [0.25, 0.3) is 10.9 Å². The minimum Gasteiger partial charge on any atom is -0.508 e. The van der Waals surface area contributed by atoms with E-state index in [4.69, 9.17) is 23.3 Å². The lowest BCUT2D eigenvalue weighted by Crippen LogP contribution is -2.60. The quantitative estimate of drug-likeness (QED) is 0.00684. The number of nitrogens with one attached hydrogen (secondary N) is 13. The highest BCUT2D eigenvalue weighted by molar-refractivity contribution is 7.80. The summed E-state index contributed by atoms with van der Waals surface area (Å²) < 4.78 is 0. The number of likely N-dealkylation sites (tertiary alicyclic amines) is 1. The monoisotopic (exact) mass is 1330 g/mol. The molecule has 508 valence electrons. The van der Waals surface area contributed by atoms with Gasteiger partial charge >= 0.3 is 5.97 Å². The number of aromatic nitrogens is 3. The van der Waals surface area contributed by atoms with Crippen LogP contribution in [0.5, 0.6) is 5.75 Å². The van der Waals surface area contributed by atoms with E-state index in [2.05, 4.69) is 86.7 Å². The summed E-state index contributed by atoms with van der Waals surface area (Å²) >= 11 is 4.26. The zero-order valence-electron chi connectivity index (χ0n) is 52.0. The van der Waals surface area contributed by atoms with E-state index in [9.17, 15) is 72.9 Å². The first kappa shape index (κ1) is 74.5. The number of rotatable bonds is 38. The molecule has 1 aliphatic rings. The number of hydrogen-bond donors (Lipinski definition) is 19. The van der Waals surface area contributed by atoms with Crippen LogP contribution in [0.3, 0.4) is 0 Å². The van der Waals surface area contributed by atoms with Gasteiger partial charge in [-0.1, -0.05) is 44.2 Å². The number of benzene rings is 2. The molecule has 2 aromatic carbocycles. The molecule has 0 aliphatic carbocycles. The van der Waals surface area contributed by atoms with Gasteiger partial charge in [0.25, 0.3) is 0 Å². The maximum Gasteiger partial charge on any atom is 0.326 e. The van der Waals surface area contributed by atoms with E-state index in [1.165, 1.54) is 41.7 Å². The zero-order chi connectivity index (χ0) is 69.0. The second kappa shape index (κ2) is 37.3. The summed E-state index contributed by atoms with van der Waals surface area (Å²) in [4.78, 5) is 174. The summed E-state index contributed by atoms with van der Waals surface area (Å²) in [5, 5.41) is 63.9. The molecule has 0 radical (unpaired) electrons. The highest BCUT2D eigenvalue weighted by Gasteiger charge is 2.38. The molecule has 33 heteroatoms. The minimum atomic E-state index is -1.83. The van der Waals surface area contributed by atoms with Crippen LogP contribution >= 0.6 is 12.6 Å². The number of aromatic hydroxyl groups is 1. The highest BCUT2D eigenvalue weighted by atomic mass is 32.1. The molecule has 4 aromatic rings. The van der Waals surface area contributed by atoms with Gasteiger partial charge in [-0.3, -0.25) is 58.1 Å².